The number of hydrogen-bond acceptors (Lipinski definition) is 6. The molecule has 0 saturated heterocycles. The number of aromatic nitrogens is 3. The molecule has 0 atom stereocenters. The Hall–Kier alpha value is -1.93. The molecule has 0 radical (unpaired) electrons. The molecule has 1 aromatic heterocycles. The molecular weight excluding hydrogens is 146 g/mol. The Balaban J connectivity index is 2.67. The molecule has 1 heterocycles. The van der Waals surface area contributed by atoms with Crippen LogP contribution in [0.25, 0.3) is 0 Å². The molecule has 0 aromatic carbocycles. The highest BCUT2D eigenvalue weighted by Gasteiger charge is 2.11. The first-order chi connectivity index (χ1) is 4.68. The Labute approximate surface area is 52.9 Å². The first kappa shape index (κ1) is 6.19. The molecule has 0 aliphatic rings. The third kappa shape index (κ3) is 1.27. The van der Waals surface area contributed by atoms with Gasteiger partial charge in [-0.2, -0.15) is 0 Å². The maximum atomic E-state index is 9.99. The van der Waals surface area contributed by atoms with Gasteiger partial charge in [-0.25, -0.2) is 14.7 Å². The number of hydrogen-bond donors (Lipinski definition) is 1. The van der Waals surface area contributed by atoms with Gasteiger partial charge < -0.3 is 5.21 Å². The molecule has 0 amide bonds. The molecule has 1 aromatic rings. The van der Waals surface area contributed by atoms with Gasteiger partial charge in [-0.05, 0) is 5.43 Å². The Morgan fingerprint density at radius 1 is 1.80 bits per heavy atom. The van der Waals surface area contributed by atoms with Crippen molar-refractivity contribution in [2.45, 2.75) is 0 Å². The van der Waals surface area contributed by atoms with E-state index < -0.39 is 11.0 Å². The van der Waals surface area contributed by atoms with Crippen LogP contribution in [0.15, 0.2) is 4.63 Å². The van der Waals surface area contributed by atoms with Crippen molar-refractivity contribution >= 4 is 5.95 Å². The van der Waals surface area contributed by atoms with Gasteiger partial charge in [0.2, 0.25) is 0 Å². The van der Waals surface area contributed by atoms with Crippen molar-refractivity contribution in [3.63, 3.8) is 0 Å². The molecule has 1 N–H and O–H groups in total. The van der Waals surface area contributed by atoms with Crippen LogP contribution < -0.4 is 10.4 Å². The van der Waals surface area contributed by atoms with E-state index in [1.54, 1.807) is 0 Å². The minimum Gasteiger partial charge on any atom is -0.338 e. The minimum absolute atomic E-state index is 0.258. The smallest absolute Gasteiger partial charge is 0.338 e. The summed E-state index contributed by atoms with van der Waals surface area (Å²) in [6, 6.07) is 0. The Bertz CT molecular complexity index is 242. The lowest BCUT2D eigenvalue weighted by Crippen LogP contribution is -2.26. The highest BCUT2D eigenvalue weighted by Crippen LogP contribution is 1.88. The monoisotopic (exact) mass is 147 g/mol. The first-order valence-electron chi connectivity index (χ1n) is 2.03. The summed E-state index contributed by atoms with van der Waals surface area (Å²) in [7, 11) is 0. The van der Waals surface area contributed by atoms with Gasteiger partial charge in [0.1, 0.15) is 0 Å². The maximum Gasteiger partial charge on any atom is 0.457 e. The second-order valence-corrected chi connectivity index (χ2v) is 1.20. The maximum absolute atomic E-state index is 9.99. The van der Waals surface area contributed by atoms with Gasteiger partial charge in [-0.15, -0.1) is 0 Å². The molecule has 0 unspecified atom stereocenters. The second kappa shape index (κ2) is 2.13. The van der Waals surface area contributed by atoms with Gasteiger partial charge in [0, 0.05) is 5.10 Å². The summed E-state index contributed by atoms with van der Waals surface area (Å²) in [5.41, 5.74) is 1.51. The normalized spacial score (nSPS) is 9.20. The second-order valence-electron chi connectivity index (χ2n) is 1.20. The van der Waals surface area contributed by atoms with Crippen molar-refractivity contribution in [1.82, 2.24) is 10.3 Å². The molecule has 0 saturated carbocycles. The van der Waals surface area contributed by atoms with Crippen LogP contribution in [0.1, 0.15) is 0 Å². The van der Waals surface area contributed by atoms with Crippen molar-refractivity contribution in [3.05, 3.63) is 15.3 Å². The van der Waals surface area contributed by atoms with Gasteiger partial charge >= 0.3 is 5.95 Å². The van der Waals surface area contributed by atoms with Crippen molar-refractivity contribution < 1.29 is 14.7 Å². The topological polar surface area (TPSA) is 121 Å². The van der Waals surface area contributed by atoms with Gasteiger partial charge in [-0.3, -0.25) is 0 Å². The van der Waals surface area contributed by atoms with Crippen molar-refractivity contribution in [2.24, 2.45) is 0 Å². The molecule has 54 valence electrons. The summed E-state index contributed by atoms with van der Waals surface area (Å²) < 4.78 is 3.80. The van der Waals surface area contributed by atoms with Crippen LogP contribution in [0.3, 0.4) is 0 Å². The predicted molar refractivity (Wildman–Crippen MR) is 23.9 cm³/mol. The van der Waals surface area contributed by atoms with Crippen molar-refractivity contribution in [2.75, 3.05) is 5.43 Å². The summed E-state index contributed by atoms with van der Waals surface area (Å²) in [6.07, 6.45) is 0. The predicted octanol–water partition coefficient (Wildman–Crippen LogP) is -1.69. The number of nitrogens with one attached hydrogen (secondary N) is 1. The molecule has 0 aliphatic heterocycles. The Morgan fingerprint density at radius 2 is 2.50 bits per heavy atom. The molecule has 0 spiro atoms. The minimum atomic E-state index is -0.912. The fraction of sp³-hybridized carbons (Fsp3) is 0. The summed E-state index contributed by atoms with van der Waals surface area (Å²) in [5, 5.41) is 24.2. The van der Waals surface area contributed by atoms with E-state index in [9.17, 15) is 15.3 Å². The number of anilines is 1. The fourth-order valence-corrected chi connectivity index (χ4v) is 0.312. The number of rotatable bonds is 2. The summed E-state index contributed by atoms with van der Waals surface area (Å²) in [6.45, 7) is 0. The highest BCUT2D eigenvalue weighted by molar-refractivity contribution is 5.10. The number of hydrazine groups is 1. The van der Waals surface area contributed by atoms with Gasteiger partial charge in [-0.1, -0.05) is 0 Å². The first-order valence-corrected chi connectivity index (χ1v) is 2.03. The van der Waals surface area contributed by atoms with E-state index >= 15 is 0 Å². The van der Waals surface area contributed by atoms with Crippen LogP contribution >= 0.6 is 0 Å². The Kier molecular flexibility index (Phi) is 1.32. The lowest BCUT2D eigenvalue weighted by atomic mass is 11.1. The molecule has 9 nitrogen and oxygen atoms in total. The van der Waals surface area contributed by atoms with Crippen LogP contribution in [0.4, 0.5) is 5.95 Å². The van der Waals surface area contributed by atoms with Crippen molar-refractivity contribution in [3.8, 4) is 0 Å². The van der Waals surface area contributed by atoms with Gasteiger partial charge in [0.25, 0.3) is 0 Å². The highest BCUT2D eigenvalue weighted by atomic mass is 16.8. The lowest BCUT2D eigenvalue weighted by molar-refractivity contribution is -0.848. The van der Waals surface area contributed by atoms with Gasteiger partial charge in [0.05, 0.1) is 10.2 Å². The average molecular weight is 147 g/mol. The average Bonchev–Trinajstić information content (AvgIpc) is 2.13. The van der Waals surface area contributed by atoms with E-state index in [1.165, 1.54) is 5.43 Å². The van der Waals surface area contributed by atoms with Crippen LogP contribution in [-0.2, 0) is 0 Å². The van der Waals surface area contributed by atoms with Gasteiger partial charge in [0.15, 0.2) is 5.03 Å². The van der Waals surface area contributed by atoms with E-state index in [0.717, 1.165) is 0 Å². The zero-order valence-corrected chi connectivity index (χ0v) is 4.42. The fourth-order valence-electron chi connectivity index (χ4n) is 0.312. The summed E-state index contributed by atoms with van der Waals surface area (Å²) >= 11 is 0. The largest absolute Gasteiger partial charge is 0.457 e. The molecule has 0 fully saturated rings. The standard InChI is InChI=1S/CHN5O4/c7-5(8)2-1-3-6(9)10-4-1/h(H,2,4). The van der Waals surface area contributed by atoms with E-state index in [1.807, 2.05) is 0 Å². The zero-order chi connectivity index (χ0) is 7.56. The van der Waals surface area contributed by atoms with Crippen molar-refractivity contribution in [1.29, 1.82) is 0 Å². The molecule has 0 aliphatic carbocycles. The van der Waals surface area contributed by atoms with E-state index in [4.69, 9.17) is 0 Å². The summed E-state index contributed by atoms with van der Waals surface area (Å²) in [5.74, 6) is -0.486. The third-order valence-corrected chi connectivity index (χ3v) is 0.565. The quantitative estimate of drug-likeness (QED) is 0.300. The van der Waals surface area contributed by atoms with Crippen LogP contribution in [0, 0.1) is 15.3 Å². The van der Waals surface area contributed by atoms with Crippen LogP contribution in [0.5, 0.6) is 0 Å². The van der Waals surface area contributed by atoms with E-state index in [-0.39, 0.29) is 5.02 Å². The number of nitro groups is 1. The lowest BCUT2D eigenvalue weighted by Gasteiger charge is -1.79. The Morgan fingerprint density at radius 3 is 2.90 bits per heavy atom. The van der Waals surface area contributed by atoms with E-state index in [2.05, 4.69) is 14.9 Å². The zero-order valence-electron chi connectivity index (χ0n) is 4.42. The molecule has 0 bridgehead atoms. The summed E-state index contributed by atoms with van der Waals surface area (Å²) in [4.78, 5) is 9.64. The molecule has 10 heavy (non-hydrogen) atoms. The molecule has 1 rings (SSSR count). The molecular formula is CHN5O4. The molecule has 9 heteroatoms. The van der Waals surface area contributed by atoms with E-state index in [0.29, 0.717) is 0 Å². The van der Waals surface area contributed by atoms with Crippen LogP contribution in [0.2, 0.25) is 0 Å². The SMILES string of the molecule is O=[N+]([O-])Nc1no[n+]([O-])n1. The van der Waals surface area contributed by atoms with Crippen LogP contribution in [-0.4, -0.2) is 15.3 Å². The third-order valence-electron chi connectivity index (χ3n) is 0.565. The number of nitrogens with zero attached hydrogens (tertiary/aromatic N) is 4.